The molecule has 2 aromatic carbocycles. The summed E-state index contributed by atoms with van der Waals surface area (Å²) in [4.78, 5) is 28.1. The second-order valence-electron chi connectivity index (χ2n) is 11.0. The van der Waals surface area contributed by atoms with E-state index in [2.05, 4.69) is 10.6 Å². The molecule has 9 nitrogen and oxygen atoms in total. The van der Waals surface area contributed by atoms with Gasteiger partial charge in [-0.05, 0) is 63.6 Å². The Morgan fingerprint density at radius 1 is 1.21 bits per heavy atom. The van der Waals surface area contributed by atoms with Crippen molar-refractivity contribution in [1.82, 2.24) is 15.5 Å². The summed E-state index contributed by atoms with van der Waals surface area (Å²) in [6.45, 7) is 7.67. The van der Waals surface area contributed by atoms with Crippen molar-refractivity contribution in [3.8, 4) is 11.5 Å². The number of hydrogen-bond donors (Lipinski definition) is 4. The molecule has 3 aliphatic rings. The van der Waals surface area contributed by atoms with Gasteiger partial charge in [-0.25, -0.2) is 4.39 Å². The zero-order valence-electron chi connectivity index (χ0n) is 21.9. The van der Waals surface area contributed by atoms with Gasteiger partial charge in [0.25, 0.3) is 5.91 Å². The molecule has 0 saturated carbocycles. The monoisotopic (exact) mass is 524 g/mol. The number of fused-ring (bicyclic) bond motifs is 2. The first-order chi connectivity index (χ1) is 17.9. The third-order valence-electron chi connectivity index (χ3n) is 7.84. The number of carbonyl (C=O) groups excluding carboxylic acids is 2. The Labute approximate surface area is 220 Å². The zero-order valence-corrected chi connectivity index (χ0v) is 21.9. The number of amides is 2. The number of hydrogen-bond acceptors (Lipinski definition) is 6. The lowest BCUT2D eigenvalue weighted by atomic mass is 9.86. The highest BCUT2D eigenvalue weighted by Gasteiger charge is 2.45. The molecule has 202 valence electrons. The molecule has 1 fully saturated rings. The number of benzene rings is 2. The van der Waals surface area contributed by atoms with E-state index in [0.29, 0.717) is 42.1 Å². The molecule has 38 heavy (non-hydrogen) atoms. The van der Waals surface area contributed by atoms with Gasteiger partial charge in [-0.1, -0.05) is 6.92 Å². The van der Waals surface area contributed by atoms with Gasteiger partial charge in [0, 0.05) is 28.7 Å². The Balaban J connectivity index is 1.44. The maximum absolute atomic E-state index is 14.1. The normalized spacial score (nSPS) is 27.8. The fourth-order valence-corrected chi connectivity index (χ4v) is 5.41. The minimum Gasteiger partial charge on any atom is -0.493 e. The van der Waals surface area contributed by atoms with Gasteiger partial charge in [0.15, 0.2) is 5.96 Å². The number of nitrogens with one attached hydrogen (secondary N) is 3. The van der Waals surface area contributed by atoms with E-state index >= 15 is 0 Å². The summed E-state index contributed by atoms with van der Waals surface area (Å²) >= 11 is 0. The van der Waals surface area contributed by atoms with E-state index in [1.807, 2.05) is 13.8 Å². The second kappa shape index (κ2) is 9.27. The molecule has 1 saturated heterocycles. The lowest BCUT2D eigenvalue weighted by Crippen LogP contribution is -2.61. The number of halogens is 1. The minimum absolute atomic E-state index is 0.0319. The average Bonchev–Trinajstić information content (AvgIpc) is 2.86. The van der Waals surface area contributed by atoms with Crippen LogP contribution in [0.4, 0.5) is 4.39 Å². The van der Waals surface area contributed by atoms with Crippen molar-refractivity contribution in [2.45, 2.75) is 76.3 Å². The fraction of sp³-hybridized carbons (Fsp3) is 0.464. The summed E-state index contributed by atoms with van der Waals surface area (Å²) in [6.07, 6.45) is 0.285. The summed E-state index contributed by atoms with van der Waals surface area (Å²) in [5, 5.41) is 25.6. The van der Waals surface area contributed by atoms with Crippen molar-refractivity contribution < 1.29 is 28.6 Å². The van der Waals surface area contributed by atoms with Crippen LogP contribution in [0.25, 0.3) is 0 Å². The summed E-state index contributed by atoms with van der Waals surface area (Å²) < 4.78 is 25.7. The first kappa shape index (κ1) is 26.0. The molecule has 3 aliphatic heterocycles. The van der Waals surface area contributed by atoms with E-state index in [1.165, 1.54) is 23.1 Å². The molecule has 0 aliphatic carbocycles. The first-order valence-corrected chi connectivity index (χ1v) is 12.9. The number of aliphatic hydroxyl groups is 1. The van der Waals surface area contributed by atoms with E-state index in [-0.39, 0.29) is 23.9 Å². The van der Waals surface area contributed by atoms with E-state index in [1.54, 1.807) is 32.0 Å². The summed E-state index contributed by atoms with van der Waals surface area (Å²) in [7, 11) is 0. The molecule has 0 spiro atoms. The summed E-state index contributed by atoms with van der Waals surface area (Å²) in [5.74, 6) is -0.178. The van der Waals surface area contributed by atoms with Gasteiger partial charge in [0.05, 0.1) is 25.1 Å². The van der Waals surface area contributed by atoms with Crippen LogP contribution in [0.15, 0.2) is 36.4 Å². The maximum Gasteiger partial charge on any atom is 0.251 e. The zero-order chi connectivity index (χ0) is 27.4. The molecule has 3 heterocycles. The Kier molecular flexibility index (Phi) is 6.33. The van der Waals surface area contributed by atoms with Crippen LogP contribution in [0.3, 0.4) is 0 Å². The largest absolute Gasteiger partial charge is 0.493 e. The van der Waals surface area contributed by atoms with Crippen molar-refractivity contribution in [3.05, 3.63) is 58.9 Å². The van der Waals surface area contributed by atoms with Crippen LogP contribution < -0.4 is 20.1 Å². The molecule has 0 bridgehead atoms. The number of nitrogens with zero attached hydrogens (tertiary/aromatic N) is 1. The van der Waals surface area contributed by atoms with Crippen molar-refractivity contribution >= 4 is 17.8 Å². The maximum atomic E-state index is 14.1. The highest BCUT2D eigenvalue weighted by atomic mass is 19.1. The van der Waals surface area contributed by atoms with Crippen LogP contribution >= 0.6 is 0 Å². The van der Waals surface area contributed by atoms with Gasteiger partial charge < -0.3 is 25.2 Å². The smallest absolute Gasteiger partial charge is 0.251 e. The van der Waals surface area contributed by atoms with Crippen molar-refractivity contribution in [2.24, 2.45) is 0 Å². The van der Waals surface area contributed by atoms with Gasteiger partial charge in [0.2, 0.25) is 5.91 Å². The quantitative estimate of drug-likeness (QED) is 0.485. The summed E-state index contributed by atoms with van der Waals surface area (Å²) in [6, 6.07) is 7.57. The lowest BCUT2D eigenvalue weighted by Gasteiger charge is -2.44. The van der Waals surface area contributed by atoms with Gasteiger partial charge in [-0.3, -0.25) is 19.9 Å². The Morgan fingerprint density at radius 3 is 2.66 bits per heavy atom. The van der Waals surface area contributed by atoms with Gasteiger partial charge in [-0.15, -0.1) is 0 Å². The molecular formula is C28H33FN4O5. The number of aliphatic hydroxyl groups excluding tert-OH is 1. The highest BCUT2D eigenvalue weighted by molar-refractivity contribution is 6.00. The molecule has 2 amide bonds. The summed E-state index contributed by atoms with van der Waals surface area (Å²) in [5.41, 5.74) is -0.234. The predicted molar refractivity (Wildman–Crippen MR) is 138 cm³/mol. The van der Waals surface area contributed by atoms with Gasteiger partial charge in [0.1, 0.15) is 29.0 Å². The van der Waals surface area contributed by atoms with Crippen LogP contribution in [0, 0.1) is 11.2 Å². The third kappa shape index (κ3) is 4.47. The average molecular weight is 525 g/mol. The van der Waals surface area contributed by atoms with Gasteiger partial charge in [-0.2, -0.15) is 0 Å². The molecule has 0 unspecified atom stereocenters. The van der Waals surface area contributed by atoms with E-state index < -0.39 is 41.1 Å². The molecule has 0 radical (unpaired) electrons. The van der Waals surface area contributed by atoms with Crippen molar-refractivity contribution in [2.75, 3.05) is 6.61 Å². The first-order valence-electron chi connectivity index (χ1n) is 12.9. The molecule has 4 N–H and O–H groups in total. The molecule has 10 heteroatoms. The highest BCUT2D eigenvalue weighted by Crippen LogP contribution is 2.41. The van der Waals surface area contributed by atoms with Crippen LogP contribution in [0.5, 0.6) is 11.5 Å². The van der Waals surface area contributed by atoms with E-state index in [4.69, 9.17) is 14.9 Å². The van der Waals surface area contributed by atoms with Crippen molar-refractivity contribution in [1.29, 1.82) is 5.41 Å². The van der Waals surface area contributed by atoms with Crippen LogP contribution in [-0.2, 0) is 4.79 Å². The predicted octanol–water partition coefficient (Wildman–Crippen LogP) is 3.58. The van der Waals surface area contributed by atoms with Gasteiger partial charge >= 0.3 is 0 Å². The number of rotatable bonds is 4. The Hall–Kier alpha value is -3.66. The molecule has 5 rings (SSSR count). The fourth-order valence-electron chi connectivity index (χ4n) is 5.41. The number of guanidine groups is 1. The second-order valence-corrected chi connectivity index (χ2v) is 11.0. The SMILES string of the molecule is CC[C@@]1(C)CC(=O)N([C@@H]2CCOc3ccc(C(=O)N[C@@H]4c5cc(F)ccc5OC(C)(C)[C@H]4O)cc32)C(=N)N1. The number of ether oxygens (including phenoxy) is 2. The van der Waals surface area contributed by atoms with Crippen LogP contribution in [0.2, 0.25) is 0 Å². The Morgan fingerprint density at radius 2 is 1.95 bits per heavy atom. The van der Waals surface area contributed by atoms with E-state index in [9.17, 15) is 19.1 Å². The Bertz CT molecular complexity index is 1290. The van der Waals surface area contributed by atoms with Crippen LogP contribution in [-0.4, -0.2) is 51.6 Å². The van der Waals surface area contributed by atoms with E-state index in [0.717, 1.165) is 0 Å². The third-order valence-corrected chi connectivity index (χ3v) is 7.84. The lowest BCUT2D eigenvalue weighted by molar-refractivity contribution is -0.132. The standard InChI is InChI=1S/C28H33FN4O5/c1-5-28(4)14-22(34)33(26(30)32-28)19-10-11-37-20-8-6-15(12-17(19)20)25(36)31-23-18-13-16(29)7-9-21(18)38-27(2,3)24(23)35/h6-9,12-13,19,23-24,35H,5,10-11,14H2,1-4H3,(H2,30,32)(H,31,36)/t19-,23-,24+,28+/m1/s1. The molecular weight excluding hydrogens is 491 g/mol. The minimum atomic E-state index is -1.14. The number of carbonyl (C=O) groups is 2. The van der Waals surface area contributed by atoms with Crippen LogP contribution in [0.1, 0.15) is 80.5 Å². The van der Waals surface area contributed by atoms with Crippen molar-refractivity contribution in [3.63, 3.8) is 0 Å². The topological polar surface area (TPSA) is 124 Å². The molecule has 4 atom stereocenters. The molecule has 2 aromatic rings. The molecule has 0 aromatic heterocycles.